The highest BCUT2D eigenvalue weighted by atomic mass is 35.5. The van der Waals surface area contributed by atoms with E-state index in [1.54, 1.807) is 23.1 Å². The van der Waals surface area contributed by atoms with Gasteiger partial charge < -0.3 is 10.4 Å². The molecule has 2 rings (SSSR count). The van der Waals surface area contributed by atoms with Gasteiger partial charge in [0.2, 0.25) is 5.91 Å². The Morgan fingerprint density at radius 2 is 2.33 bits per heavy atom. The summed E-state index contributed by atoms with van der Waals surface area (Å²) in [6.07, 6.45) is 3.50. The number of hydrogen-bond acceptors (Lipinski definition) is 4. The Balaban J connectivity index is 1.88. The van der Waals surface area contributed by atoms with Gasteiger partial charge >= 0.3 is 0 Å². The molecule has 94 valence electrons. The average Bonchev–Trinajstić information content (AvgIpc) is 2.84. The zero-order valence-corrected chi connectivity index (χ0v) is 10.1. The third kappa shape index (κ3) is 3.21. The van der Waals surface area contributed by atoms with Crippen LogP contribution in [-0.2, 0) is 11.3 Å². The normalized spacial score (nSPS) is 10.3. The van der Waals surface area contributed by atoms with Crippen molar-refractivity contribution in [1.82, 2.24) is 15.0 Å². The summed E-state index contributed by atoms with van der Waals surface area (Å²) in [7, 11) is 0. The summed E-state index contributed by atoms with van der Waals surface area (Å²) in [5.41, 5.74) is 0.500. The van der Waals surface area contributed by atoms with E-state index in [9.17, 15) is 9.90 Å². The molecule has 18 heavy (non-hydrogen) atoms. The van der Waals surface area contributed by atoms with Gasteiger partial charge in [-0.15, -0.1) is 5.10 Å². The lowest BCUT2D eigenvalue weighted by Crippen LogP contribution is -2.14. The number of amides is 1. The lowest BCUT2D eigenvalue weighted by Gasteiger charge is -2.06. The molecule has 0 unspecified atom stereocenters. The largest absolute Gasteiger partial charge is 0.506 e. The number of aromatic hydroxyl groups is 1. The van der Waals surface area contributed by atoms with Crippen LogP contribution in [0.1, 0.15) is 6.42 Å². The van der Waals surface area contributed by atoms with Crippen LogP contribution < -0.4 is 5.32 Å². The number of halogens is 1. The number of carbonyl (C=O) groups is 1. The maximum Gasteiger partial charge on any atom is 0.226 e. The van der Waals surface area contributed by atoms with Gasteiger partial charge in [-0.3, -0.25) is 9.48 Å². The molecule has 7 heteroatoms. The molecule has 0 saturated heterocycles. The highest BCUT2D eigenvalue weighted by molar-refractivity contribution is 6.32. The van der Waals surface area contributed by atoms with E-state index in [0.29, 0.717) is 12.2 Å². The standard InChI is InChI=1S/C11H11ClN4O2/c12-9-2-1-8(7-10(9)17)14-11(18)3-5-16-6-4-13-15-16/h1-2,4,6-7,17H,3,5H2,(H,14,18). The molecule has 0 aliphatic rings. The Morgan fingerprint density at radius 3 is 3.00 bits per heavy atom. The molecule has 0 atom stereocenters. The van der Waals surface area contributed by atoms with Crippen LogP contribution in [0.25, 0.3) is 0 Å². The van der Waals surface area contributed by atoms with Crippen molar-refractivity contribution in [3.63, 3.8) is 0 Å². The third-order valence-electron chi connectivity index (χ3n) is 2.27. The van der Waals surface area contributed by atoms with Crippen molar-refractivity contribution in [2.75, 3.05) is 5.32 Å². The molecule has 0 saturated carbocycles. The summed E-state index contributed by atoms with van der Waals surface area (Å²) in [5, 5.41) is 19.7. The molecule has 1 amide bonds. The first-order chi connectivity index (χ1) is 8.65. The van der Waals surface area contributed by atoms with Crippen LogP contribution in [0.3, 0.4) is 0 Å². The molecule has 0 fully saturated rings. The molecular weight excluding hydrogens is 256 g/mol. The van der Waals surface area contributed by atoms with Crippen LogP contribution in [0.5, 0.6) is 5.75 Å². The second-order valence-corrected chi connectivity index (χ2v) is 4.04. The smallest absolute Gasteiger partial charge is 0.226 e. The van der Waals surface area contributed by atoms with E-state index in [2.05, 4.69) is 15.6 Å². The predicted molar refractivity (Wildman–Crippen MR) is 66.4 cm³/mol. The van der Waals surface area contributed by atoms with E-state index < -0.39 is 0 Å². The minimum absolute atomic E-state index is 0.0641. The maximum absolute atomic E-state index is 11.6. The van der Waals surface area contributed by atoms with E-state index in [0.717, 1.165) is 0 Å². The van der Waals surface area contributed by atoms with Gasteiger partial charge in [0.1, 0.15) is 5.75 Å². The SMILES string of the molecule is O=C(CCn1ccnn1)Nc1ccc(Cl)c(O)c1. The predicted octanol–water partition coefficient (Wildman–Crippen LogP) is 1.67. The number of phenols is 1. The number of phenolic OH excluding ortho intramolecular Hbond substituents is 1. The van der Waals surface area contributed by atoms with E-state index in [1.165, 1.54) is 12.1 Å². The Kier molecular flexibility index (Phi) is 3.78. The van der Waals surface area contributed by atoms with Crippen LogP contribution in [0.2, 0.25) is 5.02 Å². The monoisotopic (exact) mass is 266 g/mol. The maximum atomic E-state index is 11.6. The van der Waals surface area contributed by atoms with E-state index >= 15 is 0 Å². The lowest BCUT2D eigenvalue weighted by atomic mass is 10.3. The minimum Gasteiger partial charge on any atom is -0.506 e. The first-order valence-electron chi connectivity index (χ1n) is 5.27. The number of nitrogens with zero attached hydrogens (tertiary/aromatic N) is 3. The molecule has 0 radical (unpaired) electrons. The first kappa shape index (κ1) is 12.4. The summed E-state index contributed by atoms with van der Waals surface area (Å²) in [6, 6.07) is 4.54. The van der Waals surface area contributed by atoms with E-state index in [4.69, 9.17) is 11.6 Å². The fourth-order valence-electron chi connectivity index (χ4n) is 1.38. The Morgan fingerprint density at radius 1 is 1.50 bits per heavy atom. The summed E-state index contributed by atoms with van der Waals surface area (Å²) in [6.45, 7) is 0.450. The molecule has 0 aliphatic heterocycles. The fourth-order valence-corrected chi connectivity index (χ4v) is 1.50. The van der Waals surface area contributed by atoms with Crippen LogP contribution in [0.15, 0.2) is 30.6 Å². The molecule has 1 aromatic heterocycles. The minimum atomic E-state index is -0.174. The Bertz CT molecular complexity index is 542. The first-order valence-corrected chi connectivity index (χ1v) is 5.65. The van der Waals surface area contributed by atoms with Crippen LogP contribution in [-0.4, -0.2) is 26.0 Å². The van der Waals surface area contributed by atoms with Gasteiger partial charge in [0.05, 0.1) is 17.8 Å². The Hall–Kier alpha value is -2.08. The molecular formula is C11H11ClN4O2. The zero-order chi connectivity index (χ0) is 13.0. The zero-order valence-electron chi connectivity index (χ0n) is 9.38. The lowest BCUT2D eigenvalue weighted by molar-refractivity contribution is -0.116. The second-order valence-electron chi connectivity index (χ2n) is 3.63. The summed E-state index contributed by atoms with van der Waals surface area (Å²) < 4.78 is 1.57. The van der Waals surface area contributed by atoms with Gasteiger partial charge in [-0.05, 0) is 12.1 Å². The van der Waals surface area contributed by atoms with Crippen molar-refractivity contribution in [3.8, 4) is 5.75 Å². The highest BCUT2D eigenvalue weighted by Gasteiger charge is 2.05. The molecule has 6 nitrogen and oxygen atoms in total. The third-order valence-corrected chi connectivity index (χ3v) is 2.59. The van der Waals surface area contributed by atoms with Crippen molar-refractivity contribution in [3.05, 3.63) is 35.6 Å². The van der Waals surface area contributed by atoms with Crippen LogP contribution in [0, 0.1) is 0 Å². The molecule has 2 N–H and O–H groups in total. The van der Waals surface area contributed by atoms with E-state index in [-0.39, 0.29) is 23.1 Å². The Labute approximate surface area is 108 Å². The molecule has 0 spiro atoms. The van der Waals surface area contributed by atoms with Crippen molar-refractivity contribution < 1.29 is 9.90 Å². The van der Waals surface area contributed by atoms with Crippen molar-refractivity contribution in [2.24, 2.45) is 0 Å². The number of rotatable bonds is 4. The van der Waals surface area contributed by atoms with Gasteiger partial charge in [-0.2, -0.15) is 0 Å². The van der Waals surface area contributed by atoms with Crippen LogP contribution in [0.4, 0.5) is 5.69 Å². The number of nitrogens with one attached hydrogen (secondary N) is 1. The molecule has 1 aromatic carbocycles. The highest BCUT2D eigenvalue weighted by Crippen LogP contribution is 2.26. The molecule has 0 bridgehead atoms. The quantitative estimate of drug-likeness (QED) is 0.882. The number of anilines is 1. The van der Waals surface area contributed by atoms with Gasteiger partial charge in [-0.1, -0.05) is 16.8 Å². The average molecular weight is 267 g/mol. The van der Waals surface area contributed by atoms with Crippen molar-refractivity contribution in [2.45, 2.75) is 13.0 Å². The molecule has 0 aliphatic carbocycles. The molecule has 2 aromatic rings. The van der Waals surface area contributed by atoms with Crippen LogP contribution >= 0.6 is 11.6 Å². The number of aromatic nitrogens is 3. The number of hydrogen-bond donors (Lipinski definition) is 2. The number of benzene rings is 1. The van der Waals surface area contributed by atoms with Gasteiger partial charge in [0.15, 0.2) is 0 Å². The summed E-state index contributed by atoms with van der Waals surface area (Å²) >= 11 is 5.66. The van der Waals surface area contributed by atoms with Gasteiger partial charge in [-0.25, -0.2) is 0 Å². The summed E-state index contributed by atoms with van der Waals surface area (Å²) in [5.74, 6) is -0.238. The fraction of sp³-hybridized carbons (Fsp3) is 0.182. The molecule has 1 heterocycles. The van der Waals surface area contributed by atoms with Crippen molar-refractivity contribution >= 4 is 23.2 Å². The van der Waals surface area contributed by atoms with Gasteiger partial charge in [0.25, 0.3) is 0 Å². The topological polar surface area (TPSA) is 80.0 Å². The number of aryl methyl sites for hydroxylation is 1. The summed E-state index contributed by atoms with van der Waals surface area (Å²) in [4.78, 5) is 11.6. The second kappa shape index (κ2) is 5.50. The van der Waals surface area contributed by atoms with Crippen molar-refractivity contribution in [1.29, 1.82) is 0 Å². The number of carbonyl (C=O) groups excluding carboxylic acids is 1. The van der Waals surface area contributed by atoms with Gasteiger partial charge in [0, 0.05) is 24.4 Å². The van der Waals surface area contributed by atoms with E-state index in [1.807, 2.05) is 0 Å².